The zero-order valence-corrected chi connectivity index (χ0v) is 14.8. The highest BCUT2D eigenvalue weighted by Gasteiger charge is 2.56. The summed E-state index contributed by atoms with van der Waals surface area (Å²) in [6.45, 7) is 6.23. The normalized spacial score (nSPS) is 23.6. The van der Waals surface area contributed by atoms with Gasteiger partial charge in [0, 0.05) is 31.4 Å². The lowest BCUT2D eigenvalue weighted by Crippen LogP contribution is -2.65. The van der Waals surface area contributed by atoms with Crippen molar-refractivity contribution in [2.24, 2.45) is 0 Å². The molecule has 2 saturated heterocycles. The third-order valence-corrected chi connectivity index (χ3v) is 4.55. The first-order valence-electron chi connectivity index (χ1n) is 8.43. The van der Waals surface area contributed by atoms with E-state index in [0.717, 1.165) is 5.69 Å². The van der Waals surface area contributed by atoms with Gasteiger partial charge < -0.3 is 14.5 Å². The largest absolute Gasteiger partial charge is 0.444 e. The minimum absolute atomic E-state index is 0.116. The first-order chi connectivity index (χ1) is 11.7. The van der Waals surface area contributed by atoms with E-state index in [-0.39, 0.29) is 24.7 Å². The molecule has 1 atom stereocenters. The maximum Gasteiger partial charge on any atom is 0.410 e. The molecule has 3 heterocycles. The Labute approximate surface area is 147 Å². The molecule has 134 valence electrons. The predicted molar refractivity (Wildman–Crippen MR) is 89.8 cm³/mol. The molecule has 7 heteroatoms. The lowest BCUT2D eigenvalue weighted by molar-refractivity contribution is -0.137. The van der Waals surface area contributed by atoms with Crippen molar-refractivity contribution in [1.29, 1.82) is 0 Å². The Balaban J connectivity index is 1.88. The van der Waals surface area contributed by atoms with Gasteiger partial charge in [0.15, 0.2) is 5.78 Å². The van der Waals surface area contributed by atoms with E-state index in [1.54, 1.807) is 37.9 Å². The number of amides is 2. The Morgan fingerprint density at radius 2 is 2.04 bits per heavy atom. The molecule has 2 aliphatic rings. The topological polar surface area (TPSA) is 79.8 Å². The fourth-order valence-electron chi connectivity index (χ4n) is 3.45. The third-order valence-electron chi connectivity index (χ3n) is 4.55. The molecule has 0 aliphatic carbocycles. The van der Waals surface area contributed by atoms with Gasteiger partial charge in [-0.25, -0.2) is 4.79 Å². The second-order valence-corrected chi connectivity index (χ2v) is 7.58. The summed E-state index contributed by atoms with van der Waals surface area (Å²) in [4.78, 5) is 44.9. The predicted octanol–water partition coefficient (Wildman–Crippen LogP) is 1.41. The van der Waals surface area contributed by atoms with Gasteiger partial charge in [0.25, 0.3) is 0 Å². The van der Waals surface area contributed by atoms with Gasteiger partial charge in [-0.05, 0) is 32.9 Å². The van der Waals surface area contributed by atoms with Crippen LogP contribution in [0.3, 0.4) is 0 Å². The summed E-state index contributed by atoms with van der Waals surface area (Å²) in [5, 5.41) is 0. The van der Waals surface area contributed by atoms with E-state index in [0.29, 0.717) is 19.5 Å². The van der Waals surface area contributed by atoms with Crippen LogP contribution < -0.4 is 0 Å². The van der Waals surface area contributed by atoms with Crippen molar-refractivity contribution in [1.82, 2.24) is 14.8 Å². The molecule has 1 unspecified atom stereocenters. The smallest absolute Gasteiger partial charge is 0.410 e. The molecule has 0 saturated carbocycles. The average Bonchev–Trinajstić information content (AvgIpc) is 2.77. The van der Waals surface area contributed by atoms with Gasteiger partial charge in [-0.1, -0.05) is 6.07 Å². The fourth-order valence-corrected chi connectivity index (χ4v) is 3.45. The van der Waals surface area contributed by atoms with Crippen LogP contribution in [-0.4, -0.2) is 63.3 Å². The second-order valence-electron chi connectivity index (χ2n) is 7.58. The van der Waals surface area contributed by atoms with Crippen LogP contribution in [0.1, 0.15) is 32.9 Å². The number of pyridine rings is 1. The number of aromatic nitrogens is 1. The van der Waals surface area contributed by atoms with Crippen LogP contribution in [0.4, 0.5) is 4.79 Å². The number of hydrogen-bond donors (Lipinski definition) is 0. The summed E-state index contributed by atoms with van der Waals surface area (Å²) in [5.74, 6) is -0.332. The molecular weight excluding hydrogens is 322 g/mol. The quantitative estimate of drug-likeness (QED) is 0.757. The molecule has 25 heavy (non-hydrogen) atoms. The van der Waals surface area contributed by atoms with Gasteiger partial charge in [0.2, 0.25) is 5.91 Å². The molecule has 2 aliphatic heterocycles. The molecule has 1 aromatic heterocycles. The first-order valence-corrected chi connectivity index (χ1v) is 8.43. The first kappa shape index (κ1) is 17.4. The maximum atomic E-state index is 12.7. The number of hydrogen-bond acceptors (Lipinski definition) is 5. The number of nitrogens with zero attached hydrogens (tertiary/aromatic N) is 3. The summed E-state index contributed by atoms with van der Waals surface area (Å²) in [6.07, 6.45) is 1.39. The zero-order valence-electron chi connectivity index (χ0n) is 14.8. The maximum absolute atomic E-state index is 12.7. The van der Waals surface area contributed by atoms with Crippen LogP contribution in [0.2, 0.25) is 0 Å². The number of carbonyl (C=O) groups is 3. The average molecular weight is 345 g/mol. The lowest BCUT2D eigenvalue weighted by atomic mass is 9.86. The number of carbonyl (C=O) groups excluding carboxylic acids is 3. The number of fused-ring (bicyclic) bond motifs is 1. The molecule has 0 bridgehead atoms. The van der Waals surface area contributed by atoms with Crippen molar-refractivity contribution < 1.29 is 19.1 Å². The van der Waals surface area contributed by atoms with E-state index < -0.39 is 17.2 Å². The summed E-state index contributed by atoms with van der Waals surface area (Å²) in [7, 11) is 0. The summed E-state index contributed by atoms with van der Waals surface area (Å²) in [5.41, 5.74) is -0.931. The van der Waals surface area contributed by atoms with Crippen molar-refractivity contribution >= 4 is 17.8 Å². The van der Waals surface area contributed by atoms with Crippen LogP contribution in [0, 0.1) is 0 Å². The van der Waals surface area contributed by atoms with Crippen LogP contribution >= 0.6 is 0 Å². The Bertz CT molecular complexity index is 698. The highest BCUT2D eigenvalue weighted by molar-refractivity contribution is 6.10. The van der Waals surface area contributed by atoms with Crippen LogP contribution in [-0.2, 0) is 20.7 Å². The van der Waals surface area contributed by atoms with Gasteiger partial charge in [-0.15, -0.1) is 0 Å². The van der Waals surface area contributed by atoms with E-state index in [1.807, 2.05) is 12.1 Å². The van der Waals surface area contributed by atoms with E-state index >= 15 is 0 Å². The minimum atomic E-state index is -1.04. The summed E-state index contributed by atoms with van der Waals surface area (Å²) < 4.78 is 5.44. The fraction of sp³-hybridized carbons (Fsp3) is 0.556. The van der Waals surface area contributed by atoms with Crippen molar-refractivity contribution in [2.45, 2.75) is 44.8 Å². The van der Waals surface area contributed by atoms with Gasteiger partial charge in [0.05, 0.1) is 13.0 Å². The summed E-state index contributed by atoms with van der Waals surface area (Å²) in [6, 6.07) is 5.48. The molecule has 0 N–H and O–H groups in total. The van der Waals surface area contributed by atoms with Gasteiger partial charge in [-0.2, -0.15) is 0 Å². The summed E-state index contributed by atoms with van der Waals surface area (Å²) >= 11 is 0. The minimum Gasteiger partial charge on any atom is -0.444 e. The Morgan fingerprint density at radius 3 is 2.68 bits per heavy atom. The molecule has 0 spiro atoms. The van der Waals surface area contributed by atoms with Gasteiger partial charge in [-0.3, -0.25) is 14.6 Å². The molecule has 3 rings (SSSR count). The van der Waals surface area contributed by atoms with Gasteiger partial charge >= 0.3 is 6.09 Å². The van der Waals surface area contributed by atoms with E-state index in [4.69, 9.17) is 4.74 Å². The SMILES string of the molecule is CC(C)(C)OC(=O)N1CCN2C(=O)CC(=O)C2(Cc2ccccn2)C1. The molecule has 2 amide bonds. The Kier molecular flexibility index (Phi) is 4.26. The Morgan fingerprint density at radius 1 is 1.28 bits per heavy atom. The van der Waals surface area contributed by atoms with Crippen molar-refractivity contribution in [3.05, 3.63) is 30.1 Å². The van der Waals surface area contributed by atoms with Crippen molar-refractivity contribution in [2.75, 3.05) is 19.6 Å². The number of ketones is 1. The molecule has 0 radical (unpaired) electrons. The number of rotatable bonds is 2. The van der Waals surface area contributed by atoms with Crippen molar-refractivity contribution in [3.63, 3.8) is 0 Å². The third kappa shape index (κ3) is 3.36. The van der Waals surface area contributed by atoms with Crippen LogP contribution in [0.25, 0.3) is 0 Å². The van der Waals surface area contributed by atoms with E-state index in [1.165, 1.54) is 4.90 Å². The van der Waals surface area contributed by atoms with Crippen LogP contribution in [0.5, 0.6) is 0 Å². The second kappa shape index (κ2) is 6.13. The van der Waals surface area contributed by atoms with E-state index in [2.05, 4.69) is 4.98 Å². The highest BCUT2D eigenvalue weighted by Crippen LogP contribution is 2.34. The number of piperazine rings is 1. The van der Waals surface area contributed by atoms with E-state index in [9.17, 15) is 14.4 Å². The molecule has 0 aromatic carbocycles. The lowest BCUT2D eigenvalue weighted by Gasteiger charge is -2.45. The Hall–Kier alpha value is -2.44. The number of Topliss-reactive ketones (excluding diaryl/α,β-unsaturated/α-hetero) is 1. The van der Waals surface area contributed by atoms with Crippen molar-refractivity contribution in [3.8, 4) is 0 Å². The molecule has 2 fully saturated rings. The highest BCUT2D eigenvalue weighted by atomic mass is 16.6. The molecule has 7 nitrogen and oxygen atoms in total. The zero-order chi connectivity index (χ0) is 18.2. The van der Waals surface area contributed by atoms with Gasteiger partial charge in [0.1, 0.15) is 11.1 Å². The molecular formula is C18H23N3O4. The van der Waals surface area contributed by atoms with Crippen LogP contribution in [0.15, 0.2) is 24.4 Å². The standard InChI is InChI=1S/C18H23N3O4/c1-17(2,3)25-16(24)20-8-9-21-15(23)10-14(22)18(21,12-20)11-13-6-4-5-7-19-13/h4-7H,8-12H2,1-3H3. The monoisotopic (exact) mass is 345 g/mol. The molecule has 1 aromatic rings. The number of ether oxygens (including phenoxy) is 1.